The second-order valence-corrected chi connectivity index (χ2v) is 8.78. The van der Waals surface area contributed by atoms with Crippen molar-refractivity contribution in [3.05, 3.63) is 65.5 Å². The SMILES string of the molecule is CCOC(Cc1ccc(OCCN(CCCCC(C)(F)F)C(=O)NCc2ccc(F)cc2)cc1)C(=O)O. The molecule has 0 fully saturated rings. The lowest BCUT2D eigenvalue weighted by Crippen LogP contribution is -2.42. The number of carbonyl (C=O) groups excluding carboxylic acids is 1. The number of rotatable bonds is 16. The smallest absolute Gasteiger partial charge is 0.333 e. The highest BCUT2D eigenvalue weighted by molar-refractivity contribution is 5.74. The number of halogens is 3. The molecule has 10 heteroatoms. The Hall–Kier alpha value is -3.27. The van der Waals surface area contributed by atoms with E-state index in [1.54, 1.807) is 43.3 Å². The minimum Gasteiger partial charge on any atom is -0.492 e. The number of nitrogens with one attached hydrogen (secondary N) is 1. The van der Waals surface area contributed by atoms with Gasteiger partial charge >= 0.3 is 12.0 Å². The Kier molecular flexibility index (Phi) is 12.2. The van der Waals surface area contributed by atoms with Gasteiger partial charge in [-0.15, -0.1) is 0 Å². The van der Waals surface area contributed by atoms with Crippen LogP contribution in [0.1, 0.15) is 44.2 Å². The first kappa shape index (κ1) is 30.0. The van der Waals surface area contributed by atoms with E-state index in [2.05, 4.69) is 5.32 Å². The number of alkyl halides is 2. The van der Waals surface area contributed by atoms with Crippen molar-refractivity contribution in [2.24, 2.45) is 0 Å². The summed E-state index contributed by atoms with van der Waals surface area (Å²) in [6, 6.07) is 12.3. The third-order valence-electron chi connectivity index (χ3n) is 5.56. The fourth-order valence-corrected chi connectivity index (χ4v) is 3.57. The average molecular weight is 525 g/mol. The first-order valence-electron chi connectivity index (χ1n) is 12.3. The minimum atomic E-state index is -2.75. The van der Waals surface area contributed by atoms with Crippen molar-refractivity contribution in [1.82, 2.24) is 10.2 Å². The van der Waals surface area contributed by atoms with Crippen LogP contribution >= 0.6 is 0 Å². The molecule has 0 spiro atoms. The average Bonchev–Trinajstić information content (AvgIpc) is 2.85. The predicted octanol–water partition coefficient (Wildman–Crippen LogP) is 5.27. The third kappa shape index (κ3) is 12.0. The highest BCUT2D eigenvalue weighted by Crippen LogP contribution is 2.20. The number of aliphatic carboxylic acids is 1. The van der Waals surface area contributed by atoms with Crippen molar-refractivity contribution < 1.29 is 37.3 Å². The van der Waals surface area contributed by atoms with E-state index in [4.69, 9.17) is 9.47 Å². The molecule has 37 heavy (non-hydrogen) atoms. The molecule has 0 radical (unpaired) electrons. The Bertz CT molecular complexity index is 966. The molecular formula is C27H35F3N2O5. The number of nitrogens with zero attached hydrogens (tertiary/aromatic N) is 1. The summed E-state index contributed by atoms with van der Waals surface area (Å²) in [6.07, 6.45) is -0.277. The predicted molar refractivity (Wildman–Crippen MR) is 133 cm³/mol. The van der Waals surface area contributed by atoms with E-state index < -0.39 is 18.0 Å². The summed E-state index contributed by atoms with van der Waals surface area (Å²) in [5.41, 5.74) is 1.51. The van der Waals surface area contributed by atoms with Gasteiger partial charge in [0.2, 0.25) is 5.92 Å². The molecule has 0 heterocycles. The molecule has 7 nitrogen and oxygen atoms in total. The van der Waals surface area contributed by atoms with Gasteiger partial charge in [0.25, 0.3) is 0 Å². The van der Waals surface area contributed by atoms with Gasteiger partial charge in [-0.05, 0) is 62.1 Å². The summed E-state index contributed by atoms with van der Waals surface area (Å²) < 4.78 is 50.3. The normalized spacial score (nSPS) is 12.1. The molecular weight excluding hydrogens is 489 g/mol. The van der Waals surface area contributed by atoms with Gasteiger partial charge < -0.3 is 24.8 Å². The molecule has 1 atom stereocenters. The van der Waals surface area contributed by atoms with Crippen LogP contribution < -0.4 is 10.1 Å². The molecule has 2 aromatic rings. The molecule has 0 aliphatic heterocycles. The fourth-order valence-electron chi connectivity index (χ4n) is 3.57. The molecule has 0 saturated carbocycles. The molecule has 0 aromatic heterocycles. The Morgan fingerprint density at radius 3 is 2.27 bits per heavy atom. The largest absolute Gasteiger partial charge is 0.492 e. The monoisotopic (exact) mass is 524 g/mol. The van der Waals surface area contributed by atoms with Crippen LogP contribution in [0.4, 0.5) is 18.0 Å². The van der Waals surface area contributed by atoms with E-state index in [9.17, 15) is 27.9 Å². The topological polar surface area (TPSA) is 88.1 Å². The summed E-state index contributed by atoms with van der Waals surface area (Å²) in [5, 5.41) is 12.0. The number of benzene rings is 2. The molecule has 0 saturated heterocycles. The number of carboxylic acid groups (broad SMARTS) is 1. The number of hydrogen-bond donors (Lipinski definition) is 2. The summed E-state index contributed by atoms with van der Waals surface area (Å²) in [5.74, 6) is -3.60. The van der Waals surface area contributed by atoms with Crippen LogP contribution in [0.25, 0.3) is 0 Å². The molecule has 2 aromatic carbocycles. The first-order chi connectivity index (χ1) is 17.6. The number of carboxylic acids is 1. The van der Waals surface area contributed by atoms with Gasteiger partial charge in [-0.25, -0.2) is 22.8 Å². The molecule has 0 aliphatic carbocycles. The van der Waals surface area contributed by atoms with E-state index in [0.29, 0.717) is 18.8 Å². The number of carbonyl (C=O) groups is 2. The van der Waals surface area contributed by atoms with Gasteiger partial charge in [0.05, 0.1) is 6.54 Å². The van der Waals surface area contributed by atoms with Gasteiger partial charge in [0.15, 0.2) is 6.10 Å². The summed E-state index contributed by atoms with van der Waals surface area (Å²) >= 11 is 0. The van der Waals surface area contributed by atoms with Crippen molar-refractivity contribution in [3.8, 4) is 5.75 Å². The maximum atomic E-state index is 13.1. The van der Waals surface area contributed by atoms with Crippen LogP contribution in [0.3, 0.4) is 0 Å². The lowest BCUT2D eigenvalue weighted by atomic mass is 10.1. The van der Waals surface area contributed by atoms with E-state index >= 15 is 0 Å². The zero-order chi connectivity index (χ0) is 27.3. The van der Waals surface area contributed by atoms with E-state index in [0.717, 1.165) is 18.1 Å². The van der Waals surface area contributed by atoms with Crippen LogP contribution in [0.2, 0.25) is 0 Å². The maximum absolute atomic E-state index is 13.1. The number of hydrogen-bond acceptors (Lipinski definition) is 4. The fraction of sp³-hybridized carbons (Fsp3) is 0.481. The van der Waals surface area contributed by atoms with Crippen molar-refractivity contribution >= 4 is 12.0 Å². The van der Waals surface area contributed by atoms with Gasteiger partial charge in [-0.3, -0.25) is 0 Å². The van der Waals surface area contributed by atoms with Crippen molar-refractivity contribution in [3.63, 3.8) is 0 Å². The second kappa shape index (κ2) is 15.1. The van der Waals surface area contributed by atoms with E-state index in [1.807, 2.05) is 0 Å². The van der Waals surface area contributed by atoms with Crippen molar-refractivity contribution in [1.29, 1.82) is 0 Å². The molecule has 0 bridgehead atoms. The Morgan fingerprint density at radius 2 is 1.68 bits per heavy atom. The van der Waals surface area contributed by atoms with E-state index in [-0.39, 0.29) is 57.4 Å². The van der Waals surface area contributed by atoms with Crippen molar-refractivity contribution in [2.75, 3.05) is 26.3 Å². The lowest BCUT2D eigenvalue weighted by molar-refractivity contribution is -0.149. The lowest BCUT2D eigenvalue weighted by Gasteiger charge is -2.24. The molecule has 0 aliphatic rings. The molecule has 204 valence electrons. The third-order valence-corrected chi connectivity index (χ3v) is 5.56. The quantitative estimate of drug-likeness (QED) is 0.292. The zero-order valence-electron chi connectivity index (χ0n) is 21.2. The van der Waals surface area contributed by atoms with Crippen molar-refractivity contribution in [2.45, 2.75) is 58.1 Å². The van der Waals surface area contributed by atoms with Crippen LogP contribution in [0, 0.1) is 5.82 Å². The number of amides is 2. The van der Waals surface area contributed by atoms with Gasteiger partial charge in [0.1, 0.15) is 18.2 Å². The van der Waals surface area contributed by atoms with Gasteiger partial charge in [0, 0.05) is 32.5 Å². The summed E-state index contributed by atoms with van der Waals surface area (Å²) in [6.45, 7) is 3.78. The Balaban J connectivity index is 1.89. The summed E-state index contributed by atoms with van der Waals surface area (Å²) in [7, 11) is 0. The van der Waals surface area contributed by atoms with Crippen LogP contribution in [0.5, 0.6) is 5.75 Å². The Morgan fingerprint density at radius 1 is 1.03 bits per heavy atom. The van der Waals surface area contributed by atoms with Crippen LogP contribution in [-0.4, -0.2) is 60.3 Å². The van der Waals surface area contributed by atoms with Crippen LogP contribution in [0.15, 0.2) is 48.5 Å². The number of urea groups is 1. The standard InChI is InChI=1S/C27H35F3N2O5/c1-3-36-24(25(33)34)18-20-8-12-23(13-9-20)37-17-16-32(15-5-4-14-27(2,29)30)26(35)31-19-21-6-10-22(28)11-7-21/h6-13,24H,3-5,14-19H2,1-2H3,(H,31,35)(H,33,34). The minimum absolute atomic E-state index is 0.171. The molecule has 2 rings (SSSR count). The highest BCUT2D eigenvalue weighted by Gasteiger charge is 2.21. The molecule has 2 amide bonds. The summed E-state index contributed by atoms with van der Waals surface area (Å²) in [4.78, 5) is 25.5. The van der Waals surface area contributed by atoms with E-state index in [1.165, 1.54) is 17.0 Å². The zero-order valence-corrected chi connectivity index (χ0v) is 21.2. The molecule has 1 unspecified atom stereocenters. The number of ether oxygens (including phenoxy) is 2. The highest BCUT2D eigenvalue weighted by atomic mass is 19.3. The number of unbranched alkanes of at least 4 members (excludes halogenated alkanes) is 1. The first-order valence-corrected chi connectivity index (χ1v) is 12.3. The van der Waals surface area contributed by atoms with Gasteiger partial charge in [-0.2, -0.15) is 0 Å². The maximum Gasteiger partial charge on any atom is 0.333 e. The van der Waals surface area contributed by atoms with Crippen LogP contribution in [-0.2, 0) is 22.5 Å². The van der Waals surface area contributed by atoms with Gasteiger partial charge in [-0.1, -0.05) is 24.3 Å². The molecule has 2 N–H and O–H groups in total. The Labute approximate surface area is 215 Å². The second-order valence-electron chi connectivity index (χ2n) is 8.78.